The maximum Gasteiger partial charge on any atom is 0.180 e. The molecule has 0 saturated heterocycles. The molecule has 0 radical (unpaired) electrons. The van der Waals surface area contributed by atoms with Crippen molar-refractivity contribution >= 4 is 46.5 Å². The number of hydrogen-bond acceptors (Lipinski definition) is 5. The number of nitriles is 1. The van der Waals surface area contributed by atoms with Crippen LogP contribution in [-0.4, -0.2) is 20.8 Å². The molecule has 3 aromatic carbocycles. The molecule has 0 atom stereocenters. The van der Waals surface area contributed by atoms with E-state index >= 15 is 0 Å². The molecule has 0 fully saturated rings. The lowest BCUT2D eigenvalue weighted by molar-refractivity contribution is 0.269. The van der Waals surface area contributed by atoms with E-state index in [1.807, 2.05) is 6.92 Å². The minimum atomic E-state index is 0.181. The van der Waals surface area contributed by atoms with Crippen LogP contribution in [0, 0.1) is 11.3 Å². The quantitative estimate of drug-likeness (QED) is 0.214. The van der Waals surface area contributed by atoms with Gasteiger partial charge in [0.15, 0.2) is 23.0 Å². The van der Waals surface area contributed by atoms with Crippen LogP contribution in [0.15, 0.2) is 48.5 Å². The van der Waals surface area contributed by atoms with Crippen LogP contribution >= 0.6 is 34.8 Å². The van der Waals surface area contributed by atoms with E-state index in [2.05, 4.69) is 6.07 Å². The van der Waals surface area contributed by atoms with Gasteiger partial charge in [0.2, 0.25) is 0 Å². The summed E-state index contributed by atoms with van der Waals surface area (Å²) in [6, 6.07) is 16.2. The Kier molecular flexibility index (Phi) is 8.95. The topological polar surface area (TPSA) is 60.7 Å². The molecule has 3 rings (SSSR count). The molecule has 0 aliphatic carbocycles. The van der Waals surface area contributed by atoms with Crippen molar-refractivity contribution in [2.45, 2.75) is 13.5 Å². The van der Waals surface area contributed by atoms with Crippen molar-refractivity contribution in [1.29, 1.82) is 5.26 Å². The number of benzene rings is 3. The van der Waals surface area contributed by atoms with Crippen LogP contribution in [0.5, 0.6) is 23.0 Å². The van der Waals surface area contributed by atoms with E-state index in [4.69, 9.17) is 53.8 Å². The Labute approximate surface area is 214 Å². The summed E-state index contributed by atoms with van der Waals surface area (Å²) >= 11 is 18.8. The van der Waals surface area contributed by atoms with Crippen LogP contribution in [0.3, 0.4) is 0 Å². The average Bonchev–Trinajstić information content (AvgIpc) is 2.82. The Hall–Kier alpha value is -3.04. The normalized spacial score (nSPS) is 11.0. The van der Waals surface area contributed by atoms with Gasteiger partial charge in [0.1, 0.15) is 6.61 Å². The van der Waals surface area contributed by atoms with E-state index in [0.717, 1.165) is 5.56 Å². The second kappa shape index (κ2) is 11.9. The smallest absolute Gasteiger partial charge is 0.180 e. The molecule has 0 heterocycles. The molecule has 0 amide bonds. The van der Waals surface area contributed by atoms with Crippen LogP contribution in [-0.2, 0) is 6.61 Å². The Bertz CT molecular complexity index is 1250. The SMILES string of the molecule is CCOc1cc(/C=C(\C#N)c2ccc(OC)c(OC)c2)cc(Cl)c1OCc1ccc(Cl)cc1Cl. The zero-order chi connectivity index (χ0) is 24.7. The van der Waals surface area contributed by atoms with Gasteiger partial charge in [-0.1, -0.05) is 40.9 Å². The second-order valence-electron chi connectivity index (χ2n) is 7.03. The first-order valence-corrected chi connectivity index (χ1v) is 11.4. The van der Waals surface area contributed by atoms with Crippen molar-refractivity contribution < 1.29 is 18.9 Å². The molecule has 0 unspecified atom stereocenters. The summed E-state index contributed by atoms with van der Waals surface area (Å²) in [5.74, 6) is 1.94. The van der Waals surface area contributed by atoms with Crippen molar-refractivity contribution in [1.82, 2.24) is 0 Å². The summed E-state index contributed by atoms with van der Waals surface area (Å²) in [6.45, 7) is 2.45. The Balaban J connectivity index is 1.94. The third kappa shape index (κ3) is 6.09. The molecule has 0 N–H and O–H groups in total. The summed E-state index contributed by atoms with van der Waals surface area (Å²) in [7, 11) is 3.10. The molecule has 176 valence electrons. The molecule has 5 nitrogen and oxygen atoms in total. The molecule has 0 aromatic heterocycles. The molecule has 8 heteroatoms. The van der Waals surface area contributed by atoms with E-state index in [-0.39, 0.29) is 6.61 Å². The minimum Gasteiger partial charge on any atom is -0.493 e. The lowest BCUT2D eigenvalue weighted by Crippen LogP contribution is -2.01. The number of ether oxygens (including phenoxy) is 4. The predicted molar refractivity (Wildman–Crippen MR) is 136 cm³/mol. The second-order valence-corrected chi connectivity index (χ2v) is 8.28. The molecule has 3 aromatic rings. The first-order chi connectivity index (χ1) is 16.4. The zero-order valence-corrected chi connectivity index (χ0v) is 21.1. The number of methoxy groups -OCH3 is 2. The third-order valence-electron chi connectivity index (χ3n) is 4.84. The molecular formula is C26H22Cl3NO4. The van der Waals surface area contributed by atoms with E-state index in [1.54, 1.807) is 68.8 Å². The van der Waals surface area contributed by atoms with Crippen LogP contribution in [0.2, 0.25) is 15.1 Å². The van der Waals surface area contributed by atoms with Gasteiger partial charge in [-0.05, 0) is 66.6 Å². The molecule has 0 aliphatic rings. The van der Waals surface area contributed by atoms with Gasteiger partial charge in [-0.2, -0.15) is 5.26 Å². The van der Waals surface area contributed by atoms with Crippen molar-refractivity contribution in [2.75, 3.05) is 20.8 Å². The number of rotatable bonds is 9. The highest BCUT2D eigenvalue weighted by Gasteiger charge is 2.15. The van der Waals surface area contributed by atoms with E-state index in [1.165, 1.54) is 0 Å². The number of nitrogens with zero attached hydrogens (tertiary/aromatic N) is 1. The molecule has 0 aliphatic heterocycles. The fourth-order valence-corrected chi connectivity index (χ4v) is 3.95. The minimum absolute atomic E-state index is 0.181. The van der Waals surface area contributed by atoms with Crippen LogP contribution in [0.25, 0.3) is 11.6 Å². The summed E-state index contributed by atoms with van der Waals surface area (Å²) in [5, 5.41) is 11.2. The highest BCUT2D eigenvalue weighted by atomic mass is 35.5. The highest BCUT2D eigenvalue weighted by molar-refractivity contribution is 6.35. The fraction of sp³-hybridized carbons (Fsp3) is 0.192. The number of allylic oxidation sites excluding steroid dienone is 1. The van der Waals surface area contributed by atoms with Gasteiger partial charge >= 0.3 is 0 Å². The van der Waals surface area contributed by atoms with Crippen molar-refractivity contribution in [2.24, 2.45) is 0 Å². The third-order valence-corrected chi connectivity index (χ3v) is 5.71. The molecule has 0 bridgehead atoms. The maximum atomic E-state index is 9.78. The molecule has 34 heavy (non-hydrogen) atoms. The van der Waals surface area contributed by atoms with E-state index in [9.17, 15) is 5.26 Å². The van der Waals surface area contributed by atoms with Gasteiger partial charge in [0.05, 0.1) is 37.5 Å². The van der Waals surface area contributed by atoms with Crippen molar-refractivity contribution in [3.05, 3.63) is 80.3 Å². The Morgan fingerprint density at radius 2 is 1.65 bits per heavy atom. The highest BCUT2D eigenvalue weighted by Crippen LogP contribution is 2.39. The van der Waals surface area contributed by atoms with Gasteiger partial charge in [-0.25, -0.2) is 0 Å². The van der Waals surface area contributed by atoms with Crippen LogP contribution in [0.4, 0.5) is 0 Å². The number of hydrogen-bond donors (Lipinski definition) is 0. The van der Waals surface area contributed by atoms with E-state index < -0.39 is 0 Å². The molecule has 0 spiro atoms. The first kappa shape index (κ1) is 25.6. The molecule has 0 saturated carbocycles. The summed E-state index contributed by atoms with van der Waals surface area (Å²) in [4.78, 5) is 0. The van der Waals surface area contributed by atoms with Gasteiger partial charge in [0.25, 0.3) is 0 Å². The van der Waals surface area contributed by atoms with Gasteiger partial charge < -0.3 is 18.9 Å². The van der Waals surface area contributed by atoms with Crippen molar-refractivity contribution in [3.63, 3.8) is 0 Å². The standard InChI is InChI=1S/C26H22Cl3NO4/c1-4-33-25-11-16(9-19(14-30)17-6-8-23(31-2)24(12-17)32-3)10-22(29)26(25)34-15-18-5-7-20(27)13-21(18)28/h5-13H,4,15H2,1-3H3/b19-9+. The van der Waals surface area contributed by atoms with Gasteiger partial charge in [-0.3, -0.25) is 0 Å². The Morgan fingerprint density at radius 3 is 2.29 bits per heavy atom. The van der Waals surface area contributed by atoms with Gasteiger partial charge in [0, 0.05) is 15.6 Å². The number of halogens is 3. The zero-order valence-electron chi connectivity index (χ0n) is 18.8. The van der Waals surface area contributed by atoms with Crippen molar-refractivity contribution in [3.8, 4) is 29.1 Å². The summed E-state index contributed by atoms with van der Waals surface area (Å²) < 4.78 is 22.3. The summed E-state index contributed by atoms with van der Waals surface area (Å²) in [6.07, 6.45) is 1.72. The van der Waals surface area contributed by atoms with Crippen LogP contribution < -0.4 is 18.9 Å². The van der Waals surface area contributed by atoms with E-state index in [0.29, 0.717) is 61.4 Å². The average molecular weight is 519 g/mol. The lowest BCUT2D eigenvalue weighted by atomic mass is 10.0. The summed E-state index contributed by atoms with van der Waals surface area (Å²) in [5.41, 5.74) is 2.53. The maximum absolute atomic E-state index is 9.78. The monoisotopic (exact) mass is 517 g/mol. The first-order valence-electron chi connectivity index (χ1n) is 10.3. The van der Waals surface area contributed by atoms with Crippen LogP contribution in [0.1, 0.15) is 23.6 Å². The molecular weight excluding hydrogens is 497 g/mol. The predicted octanol–water partition coefficient (Wildman–Crippen LogP) is 7.71. The fourth-order valence-electron chi connectivity index (χ4n) is 3.21. The largest absolute Gasteiger partial charge is 0.493 e. The lowest BCUT2D eigenvalue weighted by Gasteiger charge is -2.15. The van der Waals surface area contributed by atoms with Gasteiger partial charge in [-0.15, -0.1) is 0 Å². The Morgan fingerprint density at radius 1 is 0.882 bits per heavy atom.